The van der Waals surface area contributed by atoms with Crippen molar-refractivity contribution in [2.24, 2.45) is 0 Å². The van der Waals surface area contributed by atoms with Crippen LogP contribution in [0.2, 0.25) is 0 Å². The van der Waals surface area contributed by atoms with E-state index in [4.69, 9.17) is 14.9 Å². The largest absolute Gasteiger partial charge is 0.487 e. The first-order valence-corrected chi connectivity index (χ1v) is 9.54. The molecule has 8 nitrogen and oxygen atoms in total. The molecule has 0 fully saturated rings. The minimum absolute atomic E-state index is 0.0828. The number of hydrogen-bond acceptors (Lipinski definition) is 9. The van der Waals surface area contributed by atoms with Crippen LogP contribution < -0.4 is 10.5 Å². The zero-order valence-electron chi connectivity index (χ0n) is 15.8. The Morgan fingerprint density at radius 3 is 2.69 bits per heavy atom. The maximum absolute atomic E-state index is 11.5. The fraction of sp³-hybridized carbons (Fsp3) is 0.200. The van der Waals surface area contributed by atoms with Gasteiger partial charge in [-0.3, -0.25) is 0 Å². The van der Waals surface area contributed by atoms with Gasteiger partial charge in [-0.05, 0) is 31.2 Å². The summed E-state index contributed by atoms with van der Waals surface area (Å²) in [6.07, 6.45) is 0. The SMILES string of the molecule is COC(=O)c1ccc(CSc2nc(N)c(C#N)c(COc3ccc(C)cc3)n2)o1. The molecule has 0 aliphatic heterocycles. The second-order valence-electron chi connectivity index (χ2n) is 5.97. The summed E-state index contributed by atoms with van der Waals surface area (Å²) in [5.74, 6) is 1.25. The van der Waals surface area contributed by atoms with E-state index in [1.165, 1.54) is 24.9 Å². The molecular weight excluding hydrogens is 392 g/mol. The van der Waals surface area contributed by atoms with Crippen molar-refractivity contribution in [2.75, 3.05) is 12.8 Å². The number of methoxy groups -OCH3 is 1. The molecule has 0 amide bonds. The molecule has 3 rings (SSSR count). The smallest absolute Gasteiger partial charge is 0.373 e. The standard InChI is InChI=1S/C20H18N4O4S/c1-12-3-5-13(6-4-12)27-10-16-15(9-21)18(22)24-20(23-16)29-11-14-7-8-17(28-14)19(25)26-2/h3-8H,10-11H2,1-2H3,(H2,22,23,24). The third-order valence-electron chi connectivity index (χ3n) is 3.89. The maximum Gasteiger partial charge on any atom is 0.373 e. The third kappa shape index (κ3) is 5.06. The summed E-state index contributed by atoms with van der Waals surface area (Å²) in [6.45, 7) is 2.07. The van der Waals surface area contributed by atoms with Gasteiger partial charge in [-0.15, -0.1) is 0 Å². The number of thioether (sulfide) groups is 1. The Hall–Kier alpha value is -3.51. The lowest BCUT2D eigenvalue weighted by atomic mass is 10.2. The Morgan fingerprint density at radius 2 is 2.00 bits per heavy atom. The quantitative estimate of drug-likeness (QED) is 0.354. The van der Waals surface area contributed by atoms with Gasteiger partial charge in [0.25, 0.3) is 0 Å². The number of nitrogens with zero attached hydrogens (tertiary/aromatic N) is 3. The Bertz CT molecular complexity index is 1060. The molecule has 0 unspecified atom stereocenters. The number of ether oxygens (including phenoxy) is 2. The molecule has 9 heteroatoms. The highest BCUT2D eigenvalue weighted by atomic mass is 32.2. The molecule has 2 N–H and O–H groups in total. The topological polar surface area (TPSA) is 124 Å². The van der Waals surface area contributed by atoms with E-state index in [0.29, 0.717) is 28.1 Å². The highest BCUT2D eigenvalue weighted by Crippen LogP contribution is 2.25. The zero-order valence-corrected chi connectivity index (χ0v) is 16.7. The van der Waals surface area contributed by atoms with Gasteiger partial charge < -0.3 is 19.6 Å². The summed E-state index contributed by atoms with van der Waals surface area (Å²) < 4.78 is 15.8. The molecule has 3 aromatic rings. The van der Waals surface area contributed by atoms with Crippen LogP contribution in [-0.4, -0.2) is 23.0 Å². The maximum atomic E-state index is 11.5. The molecule has 148 valence electrons. The Balaban J connectivity index is 1.72. The van der Waals surface area contributed by atoms with Crippen LogP contribution in [-0.2, 0) is 17.1 Å². The van der Waals surface area contributed by atoms with E-state index in [2.05, 4.69) is 14.7 Å². The number of carbonyl (C=O) groups is 1. The number of nitrogen functional groups attached to an aromatic ring is 1. The van der Waals surface area contributed by atoms with Crippen molar-refractivity contribution in [3.8, 4) is 11.8 Å². The van der Waals surface area contributed by atoms with E-state index < -0.39 is 5.97 Å². The van der Waals surface area contributed by atoms with Gasteiger partial charge in [0.2, 0.25) is 5.76 Å². The lowest BCUT2D eigenvalue weighted by molar-refractivity contribution is 0.0563. The Morgan fingerprint density at radius 1 is 1.24 bits per heavy atom. The van der Waals surface area contributed by atoms with E-state index in [1.807, 2.05) is 37.3 Å². The number of carbonyl (C=O) groups excluding carboxylic acids is 1. The summed E-state index contributed by atoms with van der Waals surface area (Å²) in [5.41, 5.74) is 7.63. The van der Waals surface area contributed by atoms with E-state index in [1.54, 1.807) is 6.07 Å². The number of hydrogen-bond donors (Lipinski definition) is 1. The number of aromatic nitrogens is 2. The number of benzene rings is 1. The summed E-state index contributed by atoms with van der Waals surface area (Å²) in [4.78, 5) is 20.0. The minimum Gasteiger partial charge on any atom is -0.487 e. The summed E-state index contributed by atoms with van der Waals surface area (Å²) in [5, 5.41) is 9.75. The van der Waals surface area contributed by atoms with Crippen LogP contribution in [0.4, 0.5) is 5.82 Å². The molecule has 0 aliphatic carbocycles. The summed E-state index contributed by atoms with van der Waals surface area (Å²) in [6, 6.07) is 12.8. The average molecular weight is 410 g/mol. The minimum atomic E-state index is -0.546. The summed E-state index contributed by atoms with van der Waals surface area (Å²) >= 11 is 1.26. The predicted octanol–water partition coefficient (Wildman–Crippen LogP) is 3.49. The average Bonchev–Trinajstić information content (AvgIpc) is 3.20. The molecule has 0 aliphatic rings. The van der Waals surface area contributed by atoms with Gasteiger partial charge in [0.1, 0.15) is 41.3 Å². The first-order chi connectivity index (χ1) is 14.0. The second kappa shape index (κ2) is 9.12. The third-order valence-corrected chi connectivity index (χ3v) is 4.76. The van der Waals surface area contributed by atoms with Crippen molar-refractivity contribution < 1.29 is 18.7 Å². The number of anilines is 1. The predicted molar refractivity (Wildman–Crippen MR) is 106 cm³/mol. The lowest BCUT2D eigenvalue weighted by Gasteiger charge is -2.10. The van der Waals surface area contributed by atoms with E-state index in [-0.39, 0.29) is 23.7 Å². The van der Waals surface area contributed by atoms with Crippen LogP contribution in [0, 0.1) is 18.3 Å². The highest BCUT2D eigenvalue weighted by molar-refractivity contribution is 7.98. The van der Waals surface area contributed by atoms with Gasteiger partial charge in [0, 0.05) is 0 Å². The molecule has 0 bridgehead atoms. The number of aryl methyl sites for hydroxylation is 1. The van der Waals surface area contributed by atoms with Crippen molar-refractivity contribution >= 4 is 23.5 Å². The normalized spacial score (nSPS) is 10.4. The first kappa shape index (κ1) is 20.2. The van der Waals surface area contributed by atoms with Crippen LogP contribution in [0.5, 0.6) is 5.75 Å². The molecular formula is C20H18N4O4S. The molecule has 29 heavy (non-hydrogen) atoms. The molecule has 0 saturated heterocycles. The van der Waals surface area contributed by atoms with Crippen molar-refractivity contribution in [3.63, 3.8) is 0 Å². The van der Waals surface area contributed by atoms with Crippen LogP contribution in [0.1, 0.15) is 33.1 Å². The molecule has 0 saturated carbocycles. The van der Waals surface area contributed by atoms with Crippen molar-refractivity contribution in [1.82, 2.24) is 9.97 Å². The number of esters is 1. The van der Waals surface area contributed by atoms with Crippen LogP contribution in [0.25, 0.3) is 0 Å². The highest BCUT2D eigenvalue weighted by Gasteiger charge is 2.15. The number of rotatable bonds is 7. The van der Waals surface area contributed by atoms with Gasteiger partial charge in [-0.2, -0.15) is 5.26 Å². The first-order valence-electron chi connectivity index (χ1n) is 8.56. The molecule has 0 spiro atoms. The van der Waals surface area contributed by atoms with E-state index in [9.17, 15) is 10.1 Å². The van der Waals surface area contributed by atoms with Crippen molar-refractivity contribution in [3.05, 3.63) is 64.7 Å². The van der Waals surface area contributed by atoms with Gasteiger partial charge in [-0.1, -0.05) is 29.5 Å². The molecule has 0 radical (unpaired) electrons. The number of nitrogens with two attached hydrogens (primary N) is 1. The lowest BCUT2D eigenvalue weighted by Crippen LogP contribution is -2.08. The van der Waals surface area contributed by atoms with E-state index >= 15 is 0 Å². The monoisotopic (exact) mass is 410 g/mol. The molecule has 2 heterocycles. The van der Waals surface area contributed by atoms with Crippen LogP contribution >= 0.6 is 11.8 Å². The van der Waals surface area contributed by atoms with Crippen molar-refractivity contribution in [2.45, 2.75) is 24.4 Å². The summed E-state index contributed by atoms with van der Waals surface area (Å²) in [7, 11) is 1.28. The second-order valence-corrected chi connectivity index (χ2v) is 6.92. The van der Waals surface area contributed by atoms with Crippen LogP contribution in [0.15, 0.2) is 46.0 Å². The van der Waals surface area contributed by atoms with Crippen LogP contribution in [0.3, 0.4) is 0 Å². The van der Waals surface area contributed by atoms with Gasteiger partial charge >= 0.3 is 5.97 Å². The van der Waals surface area contributed by atoms with Gasteiger partial charge in [-0.25, -0.2) is 14.8 Å². The number of furan rings is 1. The van der Waals surface area contributed by atoms with E-state index in [0.717, 1.165) is 5.56 Å². The Labute approximate surface area is 171 Å². The Kier molecular flexibility index (Phi) is 6.36. The molecule has 2 aromatic heterocycles. The van der Waals surface area contributed by atoms with Gasteiger partial charge in [0.15, 0.2) is 5.16 Å². The molecule has 1 aromatic carbocycles. The number of nitriles is 1. The fourth-order valence-corrected chi connectivity index (χ4v) is 3.15. The van der Waals surface area contributed by atoms with Crippen molar-refractivity contribution in [1.29, 1.82) is 5.26 Å². The zero-order chi connectivity index (χ0) is 20.8. The fourth-order valence-electron chi connectivity index (χ4n) is 2.38. The van der Waals surface area contributed by atoms with Gasteiger partial charge in [0.05, 0.1) is 12.9 Å². The molecule has 0 atom stereocenters.